The van der Waals surface area contributed by atoms with Gasteiger partial charge in [0.25, 0.3) is 0 Å². The van der Waals surface area contributed by atoms with Crippen LogP contribution in [0.2, 0.25) is 0 Å². The van der Waals surface area contributed by atoms with E-state index in [0.29, 0.717) is 19.4 Å². The summed E-state index contributed by atoms with van der Waals surface area (Å²) in [6.07, 6.45) is 0.499. The smallest absolute Gasteiger partial charge is 0.407 e. The number of aliphatic hydroxyl groups is 1. The van der Waals surface area contributed by atoms with Crippen LogP contribution in [0.1, 0.15) is 18.4 Å². The highest BCUT2D eigenvalue weighted by atomic mass is 16.4. The Kier molecular flexibility index (Phi) is 3.64. The molecule has 2 atom stereocenters. The van der Waals surface area contributed by atoms with Crippen LogP contribution in [0, 0.1) is 0 Å². The van der Waals surface area contributed by atoms with Gasteiger partial charge in [-0.3, -0.25) is 0 Å². The number of hydrogen-bond donors (Lipinski definition) is 2. The third-order valence-electron chi connectivity index (χ3n) is 3.28. The van der Waals surface area contributed by atoms with Gasteiger partial charge in [-0.2, -0.15) is 0 Å². The predicted octanol–water partition coefficient (Wildman–Crippen LogP) is 1.73. The summed E-state index contributed by atoms with van der Waals surface area (Å²) in [5.41, 5.74) is 1.06. The highest BCUT2D eigenvalue weighted by Crippen LogP contribution is 2.21. The van der Waals surface area contributed by atoms with Crippen molar-refractivity contribution in [3.8, 4) is 0 Å². The molecule has 0 saturated carbocycles. The fourth-order valence-electron chi connectivity index (χ4n) is 2.38. The molecule has 4 heteroatoms. The molecule has 1 fully saturated rings. The lowest BCUT2D eigenvalue weighted by Gasteiger charge is -2.37. The highest BCUT2D eigenvalue weighted by Gasteiger charge is 2.32. The third-order valence-corrected chi connectivity index (χ3v) is 3.28. The van der Waals surface area contributed by atoms with Gasteiger partial charge in [-0.05, 0) is 24.8 Å². The molecular formula is C13H17NO3. The van der Waals surface area contributed by atoms with Crippen molar-refractivity contribution < 1.29 is 15.0 Å². The van der Waals surface area contributed by atoms with Crippen molar-refractivity contribution >= 4 is 6.09 Å². The number of carbonyl (C=O) groups is 1. The zero-order chi connectivity index (χ0) is 12.3. The minimum atomic E-state index is -0.940. The Hall–Kier alpha value is -1.55. The van der Waals surface area contributed by atoms with Crippen LogP contribution < -0.4 is 0 Å². The lowest BCUT2D eigenvalue weighted by Crippen LogP contribution is -2.51. The first-order valence-electron chi connectivity index (χ1n) is 5.90. The highest BCUT2D eigenvalue weighted by molar-refractivity contribution is 5.65. The minimum Gasteiger partial charge on any atom is -0.465 e. The molecule has 1 saturated heterocycles. The normalized spacial score (nSPS) is 24.6. The fourth-order valence-corrected chi connectivity index (χ4v) is 2.38. The lowest BCUT2D eigenvalue weighted by molar-refractivity contribution is 0.0164. The predicted molar refractivity (Wildman–Crippen MR) is 63.9 cm³/mol. The van der Waals surface area contributed by atoms with Crippen LogP contribution in [-0.4, -0.2) is 39.9 Å². The second-order valence-electron chi connectivity index (χ2n) is 4.44. The number of piperidine rings is 1. The van der Waals surface area contributed by atoms with Gasteiger partial charge in [-0.15, -0.1) is 0 Å². The first-order chi connectivity index (χ1) is 8.18. The molecule has 1 amide bonds. The van der Waals surface area contributed by atoms with E-state index in [-0.39, 0.29) is 6.04 Å². The Bertz CT molecular complexity index is 380. The van der Waals surface area contributed by atoms with Crippen LogP contribution >= 0.6 is 0 Å². The SMILES string of the molecule is O=C(O)N1CCC[C@@H](O)[C@H]1Cc1ccccc1. The number of carboxylic acid groups (broad SMARTS) is 1. The Morgan fingerprint density at radius 3 is 2.71 bits per heavy atom. The van der Waals surface area contributed by atoms with E-state index in [2.05, 4.69) is 0 Å². The summed E-state index contributed by atoms with van der Waals surface area (Å²) >= 11 is 0. The molecule has 1 aliphatic heterocycles. The second-order valence-corrected chi connectivity index (χ2v) is 4.44. The van der Waals surface area contributed by atoms with Gasteiger partial charge in [0.05, 0.1) is 12.1 Å². The van der Waals surface area contributed by atoms with Gasteiger partial charge in [0.1, 0.15) is 0 Å². The maximum atomic E-state index is 11.1. The van der Waals surface area contributed by atoms with E-state index in [1.807, 2.05) is 30.3 Å². The van der Waals surface area contributed by atoms with E-state index in [0.717, 1.165) is 12.0 Å². The van der Waals surface area contributed by atoms with Crippen LogP contribution in [0.15, 0.2) is 30.3 Å². The molecule has 1 aromatic carbocycles. The summed E-state index contributed by atoms with van der Waals surface area (Å²) in [7, 11) is 0. The Balaban J connectivity index is 2.12. The summed E-state index contributed by atoms with van der Waals surface area (Å²) in [6.45, 7) is 0.518. The molecule has 1 aromatic rings. The maximum absolute atomic E-state index is 11.1. The van der Waals surface area contributed by atoms with E-state index in [4.69, 9.17) is 5.11 Å². The lowest BCUT2D eigenvalue weighted by atomic mass is 9.93. The summed E-state index contributed by atoms with van der Waals surface area (Å²) in [5.74, 6) is 0. The van der Waals surface area contributed by atoms with Gasteiger partial charge in [0.15, 0.2) is 0 Å². The monoisotopic (exact) mass is 235 g/mol. The van der Waals surface area contributed by atoms with E-state index in [1.54, 1.807) is 0 Å². The molecule has 0 aromatic heterocycles. The van der Waals surface area contributed by atoms with Gasteiger partial charge < -0.3 is 15.1 Å². The van der Waals surface area contributed by atoms with Crippen LogP contribution in [-0.2, 0) is 6.42 Å². The van der Waals surface area contributed by atoms with E-state index in [9.17, 15) is 9.90 Å². The number of nitrogens with zero attached hydrogens (tertiary/aromatic N) is 1. The average Bonchev–Trinajstić information content (AvgIpc) is 2.33. The van der Waals surface area contributed by atoms with Crippen molar-refractivity contribution in [2.24, 2.45) is 0 Å². The molecule has 17 heavy (non-hydrogen) atoms. The minimum absolute atomic E-state index is 0.316. The molecule has 0 spiro atoms. The third kappa shape index (κ3) is 2.77. The number of aliphatic hydroxyl groups excluding tert-OH is 1. The van der Waals surface area contributed by atoms with Crippen molar-refractivity contribution in [1.82, 2.24) is 4.90 Å². The molecular weight excluding hydrogens is 218 g/mol. The van der Waals surface area contributed by atoms with E-state index in [1.165, 1.54) is 4.90 Å². The fraction of sp³-hybridized carbons (Fsp3) is 0.462. The Labute approximate surface area is 100 Å². The summed E-state index contributed by atoms with van der Waals surface area (Å²) < 4.78 is 0. The summed E-state index contributed by atoms with van der Waals surface area (Å²) in [5, 5.41) is 19.1. The van der Waals surface area contributed by atoms with Crippen molar-refractivity contribution in [1.29, 1.82) is 0 Å². The molecule has 4 nitrogen and oxygen atoms in total. The van der Waals surface area contributed by atoms with Gasteiger partial charge in [0, 0.05) is 6.54 Å². The average molecular weight is 235 g/mol. The van der Waals surface area contributed by atoms with Crippen molar-refractivity contribution in [2.45, 2.75) is 31.4 Å². The summed E-state index contributed by atoms with van der Waals surface area (Å²) in [4.78, 5) is 12.5. The van der Waals surface area contributed by atoms with Crippen molar-refractivity contribution in [2.75, 3.05) is 6.54 Å². The van der Waals surface area contributed by atoms with Crippen LogP contribution in [0.4, 0.5) is 4.79 Å². The van der Waals surface area contributed by atoms with E-state index < -0.39 is 12.2 Å². The molecule has 0 aliphatic carbocycles. The Morgan fingerprint density at radius 2 is 2.06 bits per heavy atom. The first-order valence-corrected chi connectivity index (χ1v) is 5.90. The standard InChI is InChI=1S/C13H17NO3/c15-12-7-4-8-14(13(16)17)11(12)9-10-5-2-1-3-6-10/h1-3,5-6,11-12,15H,4,7-9H2,(H,16,17)/t11-,12-/m1/s1. The number of benzene rings is 1. The largest absolute Gasteiger partial charge is 0.465 e. The molecule has 0 bridgehead atoms. The quantitative estimate of drug-likeness (QED) is 0.820. The van der Waals surface area contributed by atoms with Crippen molar-refractivity contribution in [3.05, 3.63) is 35.9 Å². The molecule has 0 unspecified atom stereocenters. The maximum Gasteiger partial charge on any atom is 0.407 e. The second kappa shape index (κ2) is 5.19. The number of hydrogen-bond acceptors (Lipinski definition) is 2. The molecule has 2 N–H and O–H groups in total. The van der Waals surface area contributed by atoms with Crippen LogP contribution in [0.3, 0.4) is 0 Å². The van der Waals surface area contributed by atoms with Gasteiger partial charge in [-0.1, -0.05) is 30.3 Å². The molecule has 92 valence electrons. The topological polar surface area (TPSA) is 60.8 Å². The zero-order valence-electron chi connectivity index (χ0n) is 9.62. The number of likely N-dealkylation sites (tertiary alicyclic amines) is 1. The van der Waals surface area contributed by atoms with Gasteiger partial charge >= 0.3 is 6.09 Å². The molecule has 0 radical (unpaired) electrons. The molecule has 1 aliphatic rings. The first kappa shape index (κ1) is 11.9. The van der Waals surface area contributed by atoms with Crippen molar-refractivity contribution in [3.63, 3.8) is 0 Å². The summed E-state index contributed by atoms with van der Waals surface area (Å²) in [6, 6.07) is 9.38. The van der Waals surface area contributed by atoms with Gasteiger partial charge in [-0.25, -0.2) is 4.79 Å². The van der Waals surface area contributed by atoms with Gasteiger partial charge in [0.2, 0.25) is 0 Å². The zero-order valence-corrected chi connectivity index (χ0v) is 9.62. The number of rotatable bonds is 2. The molecule has 1 heterocycles. The Morgan fingerprint density at radius 1 is 1.35 bits per heavy atom. The van der Waals surface area contributed by atoms with Crippen LogP contribution in [0.5, 0.6) is 0 Å². The number of amides is 1. The van der Waals surface area contributed by atoms with E-state index >= 15 is 0 Å². The van der Waals surface area contributed by atoms with Crippen LogP contribution in [0.25, 0.3) is 0 Å². The molecule has 2 rings (SSSR count).